The lowest BCUT2D eigenvalue weighted by atomic mass is 10.1. The Morgan fingerprint density at radius 1 is 0.923 bits per heavy atom. The Kier molecular flexibility index (Phi) is 10.1. The summed E-state index contributed by atoms with van der Waals surface area (Å²) in [4.78, 5) is 28.7. The van der Waals surface area contributed by atoms with Crippen molar-refractivity contribution in [2.45, 2.75) is 57.6 Å². The maximum atomic E-state index is 14.0. The van der Waals surface area contributed by atoms with Crippen molar-refractivity contribution < 1.29 is 22.7 Å². The number of rotatable bonds is 12. The molecule has 8 nitrogen and oxygen atoms in total. The standard InChI is InChI=1S/C30H37N3O5S/c1-6-28(30(35)31-22(2)3)32(20-24-10-8-7-9-11-24)29(34)21-33(25-14-16-26(38-5)17-15-25)39(36,37)27-18-12-23(4)13-19-27/h7-19,22,28H,6,20-21H2,1-5H3,(H,31,35)/t28-/m0/s1. The molecular weight excluding hydrogens is 514 g/mol. The lowest BCUT2D eigenvalue weighted by Gasteiger charge is -2.33. The number of nitrogens with zero attached hydrogens (tertiary/aromatic N) is 2. The molecule has 0 spiro atoms. The topological polar surface area (TPSA) is 96.0 Å². The zero-order chi connectivity index (χ0) is 28.6. The van der Waals surface area contributed by atoms with Crippen LogP contribution in [-0.4, -0.2) is 50.9 Å². The summed E-state index contributed by atoms with van der Waals surface area (Å²) < 4.78 is 34.1. The van der Waals surface area contributed by atoms with Gasteiger partial charge in [-0.05, 0) is 69.2 Å². The van der Waals surface area contributed by atoms with Crippen LogP contribution in [0.2, 0.25) is 0 Å². The van der Waals surface area contributed by atoms with E-state index in [4.69, 9.17) is 4.74 Å². The van der Waals surface area contributed by atoms with Crippen LogP contribution in [0, 0.1) is 6.92 Å². The maximum absolute atomic E-state index is 14.0. The summed E-state index contributed by atoms with van der Waals surface area (Å²) in [6, 6.07) is 21.4. The number of benzene rings is 3. The van der Waals surface area contributed by atoms with Crippen LogP contribution in [0.25, 0.3) is 0 Å². The van der Waals surface area contributed by atoms with E-state index in [0.717, 1.165) is 15.4 Å². The van der Waals surface area contributed by atoms with Crippen molar-refractivity contribution in [3.8, 4) is 5.75 Å². The molecule has 9 heteroatoms. The SMILES string of the molecule is CC[C@@H](C(=O)NC(C)C)N(Cc1ccccc1)C(=O)CN(c1ccc(OC)cc1)S(=O)(=O)c1ccc(C)cc1. The second kappa shape index (κ2) is 13.3. The first-order valence-electron chi connectivity index (χ1n) is 12.9. The Morgan fingerprint density at radius 2 is 1.54 bits per heavy atom. The molecule has 3 aromatic rings. The van der Waals surface area contributed by atoms with Crippen molar-refractivity contribution >= 4 is 27.5 Å². The van der Waals surface area contributed by atoms with Crippen LogP contribution in [0.5, 0.6) is 5.75 Å². The van der Waals surface area contributed by atoms with Gasteiger partial charge in [0.1, 0.15) is 18.3 Å². The predicted molar refractivity (Wildman–Crippen MR) is 153 cm³/mol. The summed E-state index contributed by atoms with van der Waals surface area (Å²) in [5.74, 6) is -0.217. The van der Waals surface area contributed by atoms with Gasteiger partial charge in [0.15, 0.2) is 0 Å². The van der Waals surface area contributed by atoms with Gasteiger partial charge in [0.25, 0.3) is 10.0 Å². The van der Waals surface area contributed by atoms with Gasteiger partial charge in [-0.15, -0.1) is 0 Å². The van der Waals surface area contributed by atoms with Gasteiger partial charge in [-0.2, -0.15) is 0 Å². The van der Waals surface area contributed by atoms with E-state index >= 15 is 0 Å². The van der Waals surface area contributed by atoms with Crippen molar-refractivity contribution in [3.05, 3.63) is 90.0 Å². The van der Waals surface area contributed by atoms with E-state index in [1.54, 1.807) is 36.4 Å². The number of aryl methyl sites for hydroxylation is 1. The number of nitrogens with one attached hydrogen (secondary N) is 1. The van der Waals surface area contributed by atoms with E-state index in [0.29, 0.717) is 17.9 Å². The Hall–Kier alpha value is -3.85. The smallest absolute Gasteiger partial charge is 0.264 e. The first kappa shape index (κ1) is 29.7. The molecule has 0 saturated carbocycles. The molecule has 0 radical (unpaired) electrons. The molecule has 208 valence electrons. The second-order valence-corrected chi connectivity index (χ2v) is 11.5. The summed E-state index contributed by atoms with van der Waals surface area (Å²) in [6.45, 7) is 7.09. The van der Waals surface area contributed by atoms with E-state index in [1.165, 1.54) is 24.1 Å². The van der Waals surface area contributed by atoms with Gasteiger partial charge in [-0.25, -0.2) is 8.42 Å². The number of carbonyl (C=O) groups is 2. The summed E-state index contributed by atoms with van der Waals surface area (Å²) in [5, 5.41) is 2.90. The maximum Gasteiger partial charge on any atom is 0.264 e. The van der Waals surface area contributed by atoms with Crippen molar-refractivity contribution in [2.24, 2.45) is 0 Å². The molecule has 0 aliphatic heterocycles. The lowest BCUT2D eigenvalue weighted by molar-refractivity contribution is -0.140. The molecule has 1 N–H and O–H groups in total. The van der Waals surface area contributed by atoms with Crippen molar-refractivity contribution in [2.75, 3.05) is 18.0 Å². The molecule has 1 atom stereocenters. The minimum atomic E-state index is -4.12. The Balaban J connectivity index is 2.05. The number of hydrogen-bond donors (Lipinski definition) is 1. The van der Waals surface area contributed by atoms with Gasteiger partial charge in [0.2, 0.25) is 11.8 Å². The first-order valence-corrected chi connectivity index (χ1v) is 14.4. The van der Waals surface area contributed by atoms with Crippen LogP contribution in [0.4, 0.5) is 5.69 Å². The van der Waals surface area contributed by atoms with Crippen LogP contribution in [0.15, 0.2) is 83.8 Å². The zero-order valence-electron chi connectivity index (χ0n) is 23.1. The Morgan fingerprint density at radius 3 is 2.08 bits per heavy atom. The van der Waals surface area contributed by atoms with Crippen LogP contribution < -0.4 is 14.4 Å². The number of anilines is 1. The molecular formula is C30H37N3O5S. The number of amides is 2. The molecule has 2 amide bonds. The predicted octanol–water partition coefficient (Wildman–Crippen LogP) is 4.53. The van der Waals surface area contributed by atoms with Gasteiger partial charge in [0.05, 0.1) is 17.7 Å². The minimum Gasteiger partial charge on any atom is -0.497 e. The highest BCUT2D eigenvalue weighted by Crippen LogP contribution is 2.27. The summed E-state index contributed by atoms with van der Waals surface area (Å²) in [7, 11) is -2.60. The quantitative estimate of drug-likeness (QED) is 0.357. The highest BCUT2D eigenvalue weighted by molar-refractivity contribution is 7.92. The molecule has 0 unspecified atom stereocenters. The first-order chi connectivity index (χ1) is 18.6. The third-order valence-electron chi connectivity index (χ3n) is 6.26. The number of sulfonamides is 1. The second-order valence-electron chi connectivity index (χ2n) is 9.62. The minimum absolute atomic E-state index is 0.0657. The lowest BCUT2D eigenvalue weighted by Crippen LogP contribution is -2.53. The number of hydrogen-bond acceptors (Lipinski definition) is 5. The number of carbonyl (C=O) groups excluding carboxylic acids is 2. The molecule has 0 aliphatic rings. The molecule has 0 bridgehead atoms. The van der Waals surface area contributed by atoms with Crippen LogP contribution in [0.1, 0.15) is 38.3 Å². The van der Waals surface area contributed by atoms with E-state index in [2.05, 4.69) is 5.32 Å². The summed E-state index contributed by atoms with van der Waals surface area (Å²) in [6.07, 6.45) is 0.365. The third-order valence-corrected chi connectivity index (χ3v) is 8.05. The Bertz CT molecular complexity index is 1340. The largest absolute Gasteiger partial charge is 0.497 e. The van der Waals surface area contributed by atoms with Crippen molar-refractivity contribution in [3.63, 3.8) is 0 Å². The van der Waals surface area contributed by atoms with E-state index in [1.807, 2.05) is 58.0 Å². The van der Waals surface area contributed by atoms with Crippen molar-refractivity contribution in [1.82, 2.24) is 10.2 Å². The van der Waals surface area contributed by atoms with E-state index in [-0.39, 0.29) is 23.4 Å². The van der Waals surface area contributed by atoms with Gasteiger partial charge in [0, 0.05) is 12.6 Å². The van der Waals surface area contributed by atoms with Crippen molar-refractivity contribution in [1.29, 1.82) is 0 Å². The van der Waals surface area contributed by atoms with E-state index < -0.39 is 28.5 Å². The zero-order valence-corrected chi connectivity index (χ0v) is 23.9. The summed E-state index contributed by atoms with van der Waals surface area (Å²) in [5.41, 5.74) is 2.06. The highest BCUT2D eigenvalue weighted by Gasteiger charge is 2.33. The molecule has 0 aliphatic carbocycles. The van der Waals surface area contributed by atoms with Crippen LogP contribution in [-0.2, 0) is 26.2 Å². The van der Waals surface area contributed by atoms with Gasteiger partial charge < -0.3 is 15.0 Å². The summed E-state index contributed by atoms with van der Waals surface area (Å²) >= 11 is 0. The average molecular weight is 552 g/mol. The normalized spacial score (nSPS) is 12.1. The number of methoxy groups -OCH3 is 1. The molecule has 3 aromatic carbocycles. The van der Waals surface area contributed by atoms with Gasteiger partial charge in [-0.3, -0.25) is 13.9 Å². The molecule has 3 rings (SSSR count). The molecule has 0 fully saturated rings. The fraction of sp³-hybridized carbons (Fsp3) is 0.333. The average Bonchev–Trinajstić information content (AvgIpc) is 2.92. The van der Waals surface area contributed by atoms with Gasteiger partial charge in [-0.1, -0.05) is 55.0 Å². The van der Waals surface area contributed by atoms with Crippen LogP contribution in [0.3, 0.4) is 0 Å². The van der Waals surface area contributed by atoms with Gasteiger partial charge >= 0.3 is 0 Å². The Labute approximate surface area is 231 Å². The molecule has 39 heavy (non-hydrogen) atoms. The van der Waals surface area contributed by atoms with Crippen LogP contribution >= 0.6 is 0 Å². The number of ether oxygens (including phenoxy) is 1. The molecule has 0 saturated heterocycles. The monoisotopic (exact) mass is 551 g/mol. The molecule has 0 heterocycles. The third kappa shape index (κ3) is 7.60. The molecule has 0 aromatic heterocycles. The fourth-order valence-corrected chi connectivity index (χ4v) is 5.61. The fourth-order valence-electron chi connectivity index (χ4n) is 4.20. The highest BCUT2D eigenvalue weighted by atomic mass is 32.2. The van der Waals surface area contributed by atoms with E-state index in [9.17, 15) is 18.0 Å².